The van der Waals surface area contributed by atoms with Crippen molar-refractivity contribution in [2.75, 3.05) is 0 Å². The Kier molecular flexibility index (Phi) is 5.47. The van der Waals surface area contributed by atoms with Gasteiger partial charge in [-0.3, -0.25) is 14.4 Å². The number of benzene rings is 3. The fourth-order valence-corrected chi connectivity index (χ4v) is 6.29. The quantitative estimate of drug-likeness (QED) is 0.337. The Hall–Kier alpha value is -3.27. The minimum absolute atomic E-state index is 0.0127. The van der Waals surface area contributed by atoms with E-state index in [0.29, 0.717) is 6.42 Å². The molecule has 0 radical (unpaired) electrons. The highest BCUT2D eigenvalue weighted by Gasteiger charge is 2.49. The third kappa shape index (κ3) is 4.09. The van der Waals surface area contributed by atoms with E-state index in [1.54, 1.807) is 0 Å². The molecule has 2 aliphatic rings. The van der Waals surface area contributed by atoms with Crippen LogP contribution in [0.15, 0.2) is 65.9 Å². The first kappa shape index (κ1) is 23.5. The molecule has 0 amide bonds. The molecular weight excluding hydrogens is 436 g/mol. The van der Waals surface area contributed by atoms with Gasteiger partial charge < -0.3 is 5.11 Å². The van der Waals surface area contributed by atoms with Gasteiger partial charge in [-0.2, -0.15) is 0 Å². The van der Waals surface area contributed by atoms with Crippen molar-refractivity contribution in [2.24, 2.45) is 16.7 Å². The van der Waals surface area contributed by atoms with Gasteiger partial charge in [0.25, 0.3) is 0 Å². The number of allylic oxidation sites excluding steroid dienone is 2. The first-order valence-electron chi connectivity index (χ1n) is 12.4. The lowest BCUT2D eigenvalue weighted by molar-refractivity contribution is -0.140. The monoisotopic (exact) mass is 468 g/mol. The van der Waals surface area contributed by atoms with Crippen LogP contribution in [-0.2, 0) is 14.4 Å². The topological polar surface area (TPSA) is 71.4 Å². The molecule has 1 unspecified atom stereocenters. The van der Waals surface area contributed by atoms with E-state index in [9.17, 15) is 19.5 Å². The van der Waals surface area contributed by atoms with Crippen LogP contribution in [0.1, 0.15) is 64.9 Å². The zero-order valence-corrected chi connectivity index (χ0v) is 20.9. The van der Waals surface area contributed by atoms with Crippen molar-refractivity contribution in [1.82, 2.24) is 0 Å². The van der Waals surface area contributed by atoms with E-state index in [1.807, 2.05) is 76.2 Å². The summed E-state index contributed by atoms with van der Waals surface area (Å²) >= 11 is 0. The summed E-state index contributed by atoms with van der Waals surface area (Å²) in [5.41, 5.74) is 0.251. The van der Waals surface area contributed by atoms with Gasteiger partial charge in [-0.1, -0.05) is 76.2 Å². The van der Waals surface area contributed by atoms with Crippen molar-refractivity contribution in [2.45, 2.75) is 59.3 Å². The Morgan fingerprint density at radius 1 is 0.743 bits per heavy atom. The summed E-state index contributed by atoms with van der Waals surface area (Å²) in [6.07, 6.45) is 1.16. The lowest BCUT2D eigenvalue weighted by Crippen LogP contribution is -2.43. The highest BCUT2D eigenvalue weighted by atomic mass is 16.3. The molecule has 0 aromatic heterocycles. The molecule has 1 N–H and O–H groups in total. The number of carbonyl (C=O) groups excluding carboxylic acids is 3. The van der Waals surface area contributed by atoms with Crippen molar-refractivity contribution in [3.63, 3.8) is 0 Å². The van der Waals surface area contributed by atoms with Crippen molar-refractivity contribution in [3.05, 3.63) is 71.5 Å². The Morgan fingerprint density at radius 3 is 1.74 bits per heavy atom. The van der Waals surface area contributed by atoms with Crippen LogP contribution in [0.2, 0.25) is 0 Å². The van der Waals surface area contributed by atoms with E-state index < -0.39 is 17.3 Å². The molecule has 0 heterocycles. The minimum Gasteiger partial charge on any atom is -0.512 e. The predicted octanol–water partition coefficient (Wildman–Crippen LogP) is 6.85. The van der Waals surface area contributed by atoms with Gasteiger partial charge in [0.1, 0.15) is 17.3 Å². The number of hydrogen-bond donors (Lipinski definition) is 1. The number of ketones is 3. The van der Waals surface area contributed by atoms with Crippen LogP contribution in [0.4, 0.5) is 0 Å². The standard InChI is InChI=1S/C31H32O4/c1-30(2)14-22(32)27(23(33)15-30)29(28-24(34)16-31(3,4)17-25(28)35)26-20-11-7-5-9-18(20)13-19-10-6-8-12-21(19)26/h5-13,27,29,34H,14-17H2,1-4H3. The number of aliphatic hydroxyl groups excluding tert-OH is 1. The molecule has 0 saturated heterocycles. The summed E-state index contributed by atoms with van der Waals surface area (Å²) in [5.74, 6) is -2.26. The average Bonchev–Trinajstić information content (AvgIpc) is 2.74. The number of carbonyl (C=O) groups is 3. The normalized spacial score (nSPS) is 21.7. The van der Waals surface area contributed by atoms with Crippen molar-refractivity contribution in [3.8, 4) is 0 Å². The van der Waals surface area contributed by atoms with E-state index in [2.05, 4.69) is 6.07 Å². The summed E-state index contributed by atoms with van der Waals surface area (Å²) in [6.45, 7) is 7.79. The summed E-state index contributed by atoms with van der Waals surface area (Å²) in [5, 5.41) is 15.1. The predicted molar refractivity (Wildman–Crippen MR) is 138 cm³/mol. The fourth-order valence-electron chi connectivity index (χ4n) is 6.29. The van der Waals surface area contributed by atoms with E-state index in [1.165, 1.54) is 0 Å². The molecule has 3 aromatic carbocycles. The minimum atomic E-state index is -0.987. The Bertz CT molecular complexity index is 1350. The van der Waals surface area contributed by atoms with E-state index in [4.69, 9.17) is 0 Å². The lowest BCUT2D eigenvalue weighted by atomic mass is 9.62. The van der Waals surface area contributed by atoms with Crippen LogP contribution >= 0.6 is 0 Å². The van der Waals surface area contributed by atoms with Crippen molar-refractivity contribution in [1.29, 1.82) is 0 Å². The summed E-state index contributed by atoms with van der Waals surface area (Å²) in [4.78, 5) is 41.0. The number of hydrogen-bond acceptors (Lipinski definition) is 4. The van der Waals surface area contributed by atoms with Crippen molar-refractivity contribution < 1.29 is 19.5 Å². The molecule has 4 nitrogen and oxygen atoms in total. The summed E-state index contributed by atoms with van der Waals surface area (Å²) < 4.78 is 0. The molecule has 35 heavy (non-hydrogen) atoms. The van der Waals surface area contributed by atoms with Gasteiger partial charge in [0.2, 0.25) is 0 Å². The van der Waals surface area contributed by atoms with Crippen molar-refractivity contribution >= 4 is 38.9 Å². The number of aliphatic hydroxyl groups is 1. The van der Waals surface area contributed by atoms with Crippen LogP contribution in [0.25, 0.3) is 21.5 Å². The Morgan fingerprint density at radius 2 is 1.23 bits per heavy atom. The zero-order valence-electron chi connectivity index (χ0n) is 20.9. The third-order valence-electron chi connectivity index (χ3n) is 7.66. The smallest absolute Gasteiger partial charge is 0.163 e. The lowest BCUT2D eigenvalue weighted by Gasteiger charge is -2.39. The van der Waals surface area contributed by atoms with E-state index in [0.717, 1.165) is 27.1 Å². The van der Waals surface area contributed by atoms with Crippen LogP contribution in [0, 0.1) is 16.7 Å². The average molecular weight is 469 g/mol. The van der Waals surface area contributed by atoms with Gasteiger partial charge in [0.05, 0.1) is 5.92 Å². The number of fused-ring (bicyclic) bond motifs is 2. The zero-order chi connectivity index (χ0) is 25.1. The fraction of sp³-hybridized carbons (Fsp3) is 0.387. The van der Waals surface area contributed by atoms with Gasteiger partial charge in [-0.25, -0.2) is 0 Å². The third-order valence-corrected chi connectivity index (χ3v) is 7.66. The second-order valence-electron chi connectivity index (χ2n) is 11.9. The first-order chi connectivity index (χ1) is 16.5. The Labute approximate surface area is 206 Å². The molecule has 1 fully saturated rings. The summed E-state index contributed by atoms with van der Waals surface area (Å²) in [7, 11) is 0. The van der Waals surface area contributed by atoms with Crippen LogP contribution in [0.3, 0.4) is 0 Å². The van der Waals surface area contributed by atoms with Crippen LogP contribution in [-0.4, -0.2) is 22.5 Å². The van der Waals surface area contributed by atoms with Gasteiger partial charge in [-0.15, -0.1) is 0 Å². The second kappa shape index (κ2) is 8.15. The molecule has 0 bridgehead atoms. The molecule has 2 aliphatic carbocycles. The van der Waals surface area contributed by atoms with Gasteiger partial charge >= 0.3 is 0 Å². The highest BCUT2D eigenvalue weighted by Crippen LogP contribution is 2.50. The molecule has 1 saturated carbocycles. The highest BCUT2D eigenvalue weighted by molar-refractivity contribution is 6.12. The van der Waals surface area contributed by atoms with Gasteiger partial charge in [-0.05, 0) is 44.0 Å². The van der Waals surface area contributed by atoms with Gasteiger partial charge in [0.15, 0.2) is 5.78 Å². The maximum atomic E-state index is 13.7. The molecule has 0 aliphatic heterocycles. The van der Waals surface area contributed by atoms with E-state index >= 15 is 0 Å². The first-order valence-corrected chi connectivity index (χ1v) is 12.4. The van der Waals surface area contributed by atoms with Crippen LogP contribution in [0.5, 0.6) is 0 Å². The second-order valence-corrected chi connectivity index (χ2v) is 11.9. The van der Waals surface area contributed by atoms with E-state index in [-0.39, 0.29) is 53.4 Å². The molecule has 5 rings (SSSR count). The molecule has 180 valence electrons. The SMILES string of the molecule is CC1(C)CC(=O)C(C(C2=C(O)CC(C)(C)CC2=O)c2c3ccccc3cc3ccccc23)C(=O)C1. The number of Topliss-reactive ketones (excluding diaryl/α,β-unsaturated/α-hetero) is 3. The maximum absolute atomic E-state index is 13.7. The van der Waals surface area contributed by atoms with Gasteiger partial charge in [0, 0.05) is 37.2 Å². The molecule has 0 spiro atoms. The molecular formula is C31H32O4. The van der Waals surface area contributed by atoms with Crippen LogP contribution < -0.4 is 0 Å². The number of rotatable bonds is 3. The largest absolute Gasteiger partial charge is 0.512 e. The Balaban J connectivity index is 1.86. The molecule has 1 atom stereocenters. The molecule has 3 aromatic rings. The summed E-state index contributed by atoms with van der Waals surface area (Å²) in [6, 6.07) is 17.9. The molecule has 4 heteroatoms. The maximum Gasteiger partial charge on any atom is 0.163 e.